The van der Waals surface area contributed by atoms with E-state index in [-0.39, 0.29) is 0 Å². The molecule has 7 heteroatoms. The number of tetrazole rings is 1. The Hall–Kier alpha value is -1.76. The van der Waals surface area contributed by atoms with Crippen LogP contribution in [0.25, 0.3) is 5.65 Å². The van der Waals surface area contributed by atoms with Crippen molar-refractivity contribution < 1.29 is 0 Å². The molecule has 0 spiro atoms. The lowest BCUT2D eigenvalue weighted by Crippen LogP contribution is -2.51. The van der Waals surface area contributed by atoms with Gasteiger partial charge in [-0.25, -0.2) is 0 Å². The van der Waals surface area contributed by atoms with E-state index < -0.39 is 0 Å². The molecule has 22 heavy (non-hydrogen) atoms. The molecular formula is C15H23N7. The first-order valence-electron chi connectivity index (χ1n) is 8.30. The number of piperidine rings is 1. The predicted molar refractivity (Wildman–Crippen MR) is 83.8 cm³/mol. The zero-order chi connectivity index (χ0) is 15.1. The molecule has 0 radical (unpaired) electrons. The Bertz CT molecular complexity index is 644. The second-order valence-electron chi connectivity index (χ2n) is 6.68. The van der Waals surface area contributed by atoms with Crippen LogP contribution in [0, 0.1) is 0 Å². The second-order valence-corrected chi connectivity index (χ2v) is 6.68. The Morgan fingerprint density at radius 3 is 2.73 bits per heavy atom. The summed E-state index contributed by atoms with van der Waals surface area (Å²) in [5, 5.41) is 16.0. The summed E-state index contributed by atoms with van der Waals surface area (Å²) >= 11 is 0. The third-order valence-electron chi connectivity index (χ3n) is 5.22. The highest BCUT2D eigenvalue weighted by Gasteiger charge is 2.35. The van der Waals surface area contributed by atoms with Crippen LogP contribution in [0.2, 0.25) is 0 Å². The molecule has 7 nitrogen and oxygen atoms in total. The maximum absolute atomic E-state index is 4.55. The summed E-state index contributed by atoms with van der Waals surface area (Å²) in [4.78, 5) is 5.11. The van der Waals surface area contributed by atoms with Crippen molar-refractivity contribution in [1.29, 1.82) is 0 Å². The zero-order valence-corrected chi connectivity index (χ0v) is 13.3. The maximum Gasteiger partial charge on any atom is 0.200 e. The minimum atomic E-state index is 0.632. The van der Waals surface area contributed by atoms with Crippen molar-refractivity contribution in [3.8, 4) is 0 Å². The topological polar surface area (TPSA) is 62.5 Å². The molecule has 0 aromatic carbocycles. The van der Waals surface area contributed by atoms with Gasteiger partial charge in [0, 0.05) is 31.2 Å². The van der Waals surface area contributed by atoms with Crippen molar-refractivity contribution in [2.75, 3.05) is 18.0 Å². The summed E-state index contributed by atoms with van der Waals surface area (Å²) in [5.74, 6) is 0.976. The number of likely N-dealkylation sites (tertiary alicyclic amines) is 1. The van der Waals surface area contributed by atoms with Crippen LogP contribution >= 0.6 is 0 Å². The molecule has 2 aliphatic heterocycles. The van der Waals surface area contributed by atoms with Crippen LogP contribution in [-0.2, 0) is 0 Å². The van der Waals surface area contributed by atoms with E-state index in [9.17, 15) is 0 Å². The minimum Gasteiger partial charge on any atom is -0.354 e. The third kappa shape index (κ3) is 2.33. The van der Waals surface area contributed by atoms with E-state index in [1.807, 2.05) is 12.1 Å². The molecule has 118 valence electrons. The van der Waals surface area contributed by atoms with Crippen molar-refractivity contribution in [2.45, 2.75) is 57.7 Å². The van der Waals surface area contributed by atoms with Gasteiger partial charge in [-0.05, 0) is 62.1 Å². The van der Waals surface area contributed by atoms with Gasteiger partial charge in [-0.3, -0.25) is 4.90 Å². The molecule has 4 heterocycles. The monoisotopic (exact) mass is 301 g/mol. The normalized spacial score (nSPS) is 30.3. The van der Waals surface area contributed by atoms with Gasteiger partial charge in [0.2, 0.25) is 0 Å². The van der Waals surface area contributed by atoms with Gasteiger partial charge in [0.05, 0.1) is 0 Å². The standard InChI is InChI=1S/C15H23N7/c1-11-5-6-12(2)21(11)13-4-3-9-20(10-13)15-8-7-14-16-18-19-22(14)17-15/h7-8,11-13H,3-6,9-10H2,1-2H3/t11-,12-,13+/m1/s1. The van der Waals surface area contributed by atoms with E-state index in [1.54, 1.807) is 0 Å². The van der Waals surface area contributed by atoms with E-state index in [0.29, 0.717) is 23.8 Å². The summed E-state index contributed by atoms with van der Waals surface area (Å²) in [6, 6.07) is 6.01. The molecule has 2 aliphatic rings. The Kier molecular flexibility index (Phi) is 3.44. The van der Waals surface area contributed by atoms with Crippen LogP contribution in [-0.4, -0.2) is 61.4 Å². The summed E-state index contributed by atoms with van der Waals surface area (Å²) in [6.07, 6.45) is 5.16. The Morgan fingerprint density at radius 2 is 1.91 bits per heavy atom. The highest BCUT2D eigenvalue weighted by atomic mass is 15.6. The molecule has 2 aromatic heterocycles. The SMILES string of the molecule is C[C@@H]1CC[C@@H](C)N1[C@H]1CCCN(c2ccc3nnnn3n2)C1. The van der Waals surface area contributed by atoms with E-state index in [0.717, 1.165) is 18.9 Å². The Labute approximate surface area is 130 Å². The van der Waals surface area contributed by atoms with Crippen LogP contribution in [0.15, 0.2) is 12.1 Å². The van der Waals surface area contributed by atoms with Gasteiger partial charge < -0.3 is 4.90 Å². The van der Waals surface area contributed by atoms with Crippen molar-refractivity contribution >= 4 is 11.5 Å². The van der Waals surface area contributed by atoms with E-state index in [1.165, 1.54) is 30.3 Å². The number of hydrogen-bond acceptors (Lipinski definition) is 6. The van der Waals surface area contributed by atoms with Crippen molar-refractivity contribution in [2.24, 2.45) is 0 Å². The molecule has 0 aliphatic carbocycles. The number of nitrogens with zero attached hydrogens (tertiary/aromatic N) is 7. The molecule has 0 saturated carbocycles. The van der Waals surface area contributed by atoms with Gasteiger partial charge >= 0.3 is 0 Å². The van der Waals surface area contributed by atoms with Crippen molar-refractivity contribution in [3.63, 3.8) is 0 Å². The number of aromatic nitrogens is 5. The van der Waals surface area contributed by atoms with Crippen LogP contribution < -0.4 is 4.90 Å². The van der Waals surface area contributed by atoms with Gasteiger partial charge in [0.25, 0.3) is 0 Å². The Balaban J connectivity index is 1.55. The molecule has 0 N–H and O–H groups in total. The predicted octanol–water partition coefficient (Wildman–Crippen LogP) is 1.36. The maximum atomic E-state index is 4.55. The van der Waals surface area contributed by atoms with E-state index in [4.69, 9.17) is 0 Å². The number of anilines is 1. The fourth-order valence-electron chi connectivity index (χ4n) is 4.15. The number of fused-ring (bicyclic) bond motifs is 1. The van der Waals surface area contributed by atoms with Gasteiger partial charge in [0.1, 0.15) is 0 Å². The second kappa shape index (κ2) is 5.46. The summed E-state index contributed by atoms with van der Waals surface area (Å²) in [7, 11) is 0. The Morgan fingerprint density at radius 1 is 1.09 bits per heavy atom. The summed E-state index contributed by atoms with van der Waals surface area (Å²) in [6.45, 7) is 6.85. The molecule has 0 unspecified atom stereocenters. The first kappa shape index (κ1) is 13.9. The lowest BCUT2D eigenvalue weighted by Gasteiger charge is -2.41. The molecule has 4 rings (SSSR count). The molecule has 0 bridgehead atoms. The highest BCUT2D eigenvalue weighted by Crippen LogP contribution is 2.30. The molecule has 0 amide bonds. The fraction of sp³-hybridized carbons (Fsp3) is 0.733. The first-order valence-corrected chi connectivity index (χ1v) is 8.30. The van der Waals surface area contributed by atoms with Crippen LogP contribution in [0.5, 0.6) is 0 Å². The fourth-order valence-corrected chi connectivity index (χ4v) is 4.15. The molecule has 2 fully saturated rings. The van der Waals surface area contributed by atoms with Gasteiger partial charge in [0.15, 0.2) is 11.5 Å². The quantitative estimate of drug-likeness (QED) is 0.834. The van der Waals surface area contributed by atoms with E-state index in [2.05, 4.69) is 44.3 Å². The van der Waals surface area contributed by atoms with Gasteiger partial charge in [-0.1, -0.05) is 0 Å². The average Bonchev–Trinajstić information content (AvgIpc) is 3.13. The molecular weight excluding hydrogens is 278 g/mol. The van der Waals surface area contributed by atoms with Crippen molar-refractivity contribution in [1.82, 2.24) is 30.2 Å². The lowest BCUT2D eigenvalue weighted by molar-refractivity contribution is 0.129. The van der Waals surface area contributed by atoms with Crippen LogP contribution in [0.4, 0.5) is 5.82 Å². The lowest BCUT2D eigenvalue weighted by atomic mass is 10.0. The van der Waals surface area contributed by atoms with Crippen LogP contribution in [0.3, 0.4) is 0 Å². The highest BCUT2D eigenvalue weighted by molar-refractivity contribution is 5.44. The van der Waals surface area contributed by atoms with Gasteiger partial charge in [-0.15, -0.1) is 14.8 Å². The van der Waals surface area contributed by atoms with Crippen LogP contribution in [0.1, 0.15) is 39.5 Å². The average molecular weight is 301 g/mol. The van der Waals surface area contributed by atoms with Gasteiger partial charge in [-0.2, -0.15) is 0 Å². The summed E-state index contributed by atoms with van der Waals surface area (Å²) < 4.78 is 1.51. The third-order valence-corrected chi connectivity index (χ3v) is 5.22. The smallest absolute Gasteiger partial charge is 0.200 e. The number of rotatable bonds is 2. The first-order chi connectivity index (χ1) is 10.7. The number of hydrogen-bond donors (Lipinski definition) is 0. The van der Waals surface area contributed by atoms with Crippen molar-refractivity contribution in [3.05, 3.63) is 12.1 Å². The molecule has 2 aromatic rings. The largest absolute Gasteiger partial charge is 0.354 e. The molecule has 3 atom stereocenters. The van der Waals surface area contributed by atoms with E-state index >= 15 is 0 Å². The zero-order valence-electron chi connectivity index (χ0n) is 13.3. The molecule has 2 saturated heterocycles. The summed E-state index contributed by atoms with van der Waals surface area (Å²) in [5.41, 5.74) is 0.694. The minimum absolute atomic E-state index is 0.632.